The van der Waals surface area contributed by atoms with E-state index in [-0.39, 0.29) is 18.0 Å². The van der Waals surface area contributed by atoms with Crippen molar-refractivity contribution in [2.45, 2.75) is 58.0 Å². The second-order valence-corrected chi connectivity index (χ2v) is 6.16. The van der Waals surface area contributed by atoms with E-state index >= 15 is 0 Å². The van der Waals surface area contributed by atoms with E-state index in [0.29, 0.717) is 5.92 Å². The van der Waals surface area contributed by atoms with Crippen LogP contribution in [0.15, 0.2) is 24.3 Å². The van der Waals surface area contributed by atoms with E-state index in [2.05, 4.69) is 55.7 Å². The molecule has 2 unspecified atom stereocenters. The predicted octanol–water partition coefficient (Wildman–Crippen LogP) is 2.61. The molecule has 3 heteroatoms. The third kappa shape index (κ3) is 4.07. The Morgan fingerprint density at radius 2 is 2.00 bits per heavy atom. The summed E-state index contributed by atoms with van der Waals surface area (Å²) in [6.07, 6.45) is 2.95. The van der Waals surface area contributed by atoms with Crippen molar-refractivity contribution in [2.24, 2.45) is 0 Å². The first-order chi connectivity index (χ1) is 9.56. The largest absolute Gasteiger partial charge is 0.352 e. The van der Waals surface area contributed by atoms with Crippen LogP contribution in [0.1, 0.15) is 50.7 Å². The van der Waals surface area contributed by atoms with Crippen LogP contribution in [0.25, 0.3) is 0 Å². The van der Waals surface area contributed by atoms with E-state index in [1.807, 2.05) is 0 Å². The molecule has 0 bridgehead atoms. The zero-order chi connectivity index (χ0) is 14.5. The van der Waals surface area contributed by atoms with Crippen molar-refractivity contribution in [3.05, 3.63) is 35.4 Å². The molecule has 1 aliphatic rings. The number of amides is 1. The Morgan fingerprint density at radius 3 is 2.55 bits per heavy atom. The molecule has 0 spiro atoms. The molecule has 110 valence electrons. The fourth-order valence-corrected chi connectivity index (χ4v) is 2.69. The van der Waals surface area contributed by atoms with Gasteiger partial charge in [0, 0.05) is 6.04 Å². The van der Waals surface area contributed by atoms with Crippen LogP contribution in [-0.4, -0.2) is 24.5 Å². The van der Waals surface area contributed by atoms with Crippen molar-refractivity contribution in [1.29, 1.82) is 0 Å². The van der Waals surface area contributed by atoms with E-state index < -0.39 is 0 Å². The Kier molecular flexibility index (Phi) is 5.18. The van der Waals surface area contributed by atoms with E-state index in [4.69, 9.17) is 0 Å². The molecule has 1 aliphatic heterocycles. The summed E-state index contributed by atoms with van der Waals surface area (Å²) in [5.74, 6) is 0.711. The topological polar surface area (TPSA) is 41.1 Å². The van der Waals surface area contributed by atoms with Crippen LogP contribution in [0.2, 0.25) is 0 Å². The maximum absolute atomic E-state index is 12.0. The smallest absolute Gasteiger partial charge is 0.237 e. The number of carbonyl (C=O) groups excluding carboxylic acids is 1. The van der Waals surface area contributed by atoms with Gasteiger partial charge in [0.1, 0.15) is 0 Å². The van der Waals surface area contributed by atoms with Gasteiger partial charge in [0.25, 0.3) is 0 Å². The minimum atomic E-state index is 0.0146. The fraction of sp³-hybridized carbons (Fsp3) is 0.588. The van der Waals surface area contributed by atoms with Gasteiger partial charge in [-0.2, -0.15) is 0 Å². The van der Waals surface area contributed by atoms with Gasteiger partial charge in [0.15, 0.2) is 0 Å². The zero-order valence-corrected chi connectivity index (χ0v) is 12.8. The molecular weight excluding hydrogens is 248 g/mol. The first-order valence-electron chi connectivity index (χ1n) is 7.69. The minimum Gasteiger partial charge on any atom is -0.352 e. The van der Waals surface area contributed by atoms with Crippen LogP contribution in [-0.2, 0) is 11.2 Å². The number of hydrogen-bond acceptors (Lipinski definition) is 2. The van der Waals surface area contributed by atoms with Gasteiger partial charge in [0.2, 0.25) is 5.91 Å². The lowest BCUT2D eigenvalue weighted by atomic mass is 9.99. The van der Waals surface area contributed by atoms with Crippen LogP contribution in [0.4, 0.5) is 0 Å². The maximum atomic E-state index is 12.0. The molecule has 0 saturated carbocycles. The van der Waals surface area contributed by atoms with Crippen LogP contribution in [0.5, 0.6) is 0 Å². The van der Waals surface area contributed by atoms with Gasteiger partial charge in [-0.25, -0.2) is 0 Å². The van der Waals surface area contributed by atoms with Crippen molar-refractivity contribution in [2.75, 3.05) is 6.54 Å². The summed E-state index contributed by atoms with van der Waals surface area (Å²) in [6, 6.07) is 8.91. The Morgan fingerprint density at radius 1 is 1.30 bits per heavy atom. The third-order valence-electron chi connectivity index (χ3n) is 3.95. The number of carbonyl (C=O) groups is 1. The fourth-order valence-electron chi connectivity index (χ4n) is 2.69. The van der Waals surface area contributed by atoms with E-state index in [1.165, 1.54) is 11.1 Å². The Bertz CT molecular complexity index is 433. The average molecular weight is 274 g/mol. The standard InChI is InChI=1S/C17H26N2O/c1-12(2)15-8-6-14(7-9-15)11-13(3)19-17(20)16-5-4-10-18-16/h6-9,12-13,16,18H,4-5,10-11H2,1-3H3,(H,19,20). The van der Waals surface area contributed by atoms with Gasteiger partial charge in [-0.1, -0.05) is 38.1 Å². The Labute approximate surface area is 122 Å². The van der Waals surface area contributed by atoms with E-state index in [0.717, 1.165) is 25.8 Å². The molecule has 3 nitrogen and oxygen atoms in total. The molecule has 1 aromatic rings. The SMILES string of the molecule is CC(Cc1ccc(C(C)C)cc1)NC(=O)C1CCCN1. The molecule has 1 saturated heterocycles. The molecule has 2 atom stereocenters. The van der Waals surface area contributed by atoms with Crippen LogP contribution < -0.4 is 10.6 Å². The lowest BCUT2D eigenvalue weighted by Gasteiger charge is -2.17. The monoisotopic (exact) mass is 274 g/mol. The van der Waals surface area contributed by atoms with Crippen molar-refractivity contribution >= 4 is 5.91 Å². The molecular formula is C17H26N2O. The molecule has 1 amide bonds. The van der Waals surface area contributed by atoms with Gasteiger partial charge in [-0.3, -0.25) is 4.79 Å². The zero-order valence-electron chi connectivity index (χ0n) is 12.8. The third-order valence-corrected chi connectivity index (χ3v) is 3.95. The van der Waals surface area contributed by atoms with Gasteiger partial charge in [0.05, 0.1) is 6.04 Å². The molecule has 0 radical (unpaired) electrons. The maximum Gasteiger partial charge on any atom is 0.237 e. The molecule has 1 aromatic carbocycles. The first-order valence-corrected chi connectivity index (χ1v) is 7.69. The number of nitrogens with one attached hydrogen (secondary N) is 2. The lowest BCUT2D eigenvalue weighted by molar-refractivity contribution is -0.123. The van der Waals surface area contributed by atoms with Crippen molar-refractivity contribution in [3.63, 3.8) is 0 Å². The van der Waals surface area contributed by atoms with Crippen molar-refractivity contribution < 1.29 is 4.79 Å². The van der Waals surface area contributed by atoms with Crippen molar-refractivity contribution in [3.8, 4) is 0 Å². The molecule has 2 N–H and O–H groups in total. The summed E-state index contributed by atoms with van der Waals surface area (Å²) >= 11 is 0. The first kappa shape index (κ1) is 15.0. The Balaban J connectivity index is 1.84. The summed E-state index contributed by atoms with van der Waals surface area (Å²) in [5, 5.41) is 6.34. The summed E-state index contributed by atoms with van der Waals surface area (Å²) in [5.41, 5.74) is 2.64. The average Bonchev–Trinajstić information content (AvgIpc) is 2.93. The number of benzene rings is 1. The summed E-state index contributed by atoms with van der Waals surface area (Å²) < 4.78 is 0. The summed E-state index contributed by atoms with van der Waals surface area (Å²) in [6.45, 7) is 7.44. The molecule has 0 aromatic heterocycles. The van der Waals surface area contributed by atoms with E-state index in [9.17, 15) is 4.79 Å². The van der Waals surface area contributed by atoms with Crippen LogP contribution >= 0.6 is 0 Å². The highest BCUT2D eigenvalue weighted by Gasteiger charge is 2.22. The minimum absolute atomic E-state index is 0.0146. The van der Waals surface area contributed by atoms with Crippen LogP contribution in [0.3, 0.4) is 0 Å². The predicted molar refractivity (Wildman–Crippen MR) is 82.9 cm³/mol. The van der Waals surface area contributed by atoms with Gasteiger partial charge in [-0.15, -0.1) is 0 Å². The molecule has 0 aliphatic carbocycles. The normalized spacial score (nSPS) is 20.1. The van der Waals surface area contributed by atoms with Gasteiger partial charge < -0.3 is 10.6 Å². The quantitative estimate of drug-likeness (QED) is 0.866. The number of hydrogen-bond donors (Lipinski definition) is 2. The van der Waals surface area contributed by atoms with Crippen LogP contribution in [0, 0.1) is 0 Å². The van der Waals surface area contributed by atoms with Gasteiger partial charge in [-0.05, 0) is 49.8 Å². The summed E-state index contributed by atoms with van der Waals surface area (Å²) in [4.78, 5) is 12.0. The second-order valence-electron chi connectivity index (χ2n) is 6.16. The van der Waals surface area contributed by atoms with Crippen molar-refractivity contribution in [1.82, 2.24) is 10.6 Å². The second kappa shape index (κ2) is 6.89. The highest BCUT2D eigenvalue weighted by Crippen LogP contribution is 2.15. The highest BCUT2D eigenvalue weighted by atomic mass is 16.2. The molecule has 20 heavy (non-hydrogen) atoms. The van der Waals surface area contributed by atoms with E-state index in [1.54, 1.807) is 0 Å². The Hall–Kier alpha value is -1.35. The highest BCUT2D eigenvalue weighted by molar-refractivity contribution is 5.82. The lowest BCUT2D eigenvalue weighted by Crippen LogP contribution is -2.44. The molecule has 2 rings (SSSR count). The summed E-state index contributed by atoms with van der Waals surface area (Å²) in [7, 11) is 0. The number of rotatable bonds is 5. The van der Waals surface area contributed by atoms with Gasteiger partial charge >= 0.3 is 0 Å². The molecule has 1 fully saturated rings. The molecule has 1 heterocycles.